The van der Waals surface area contributed by atoms with Crippen molar-refractivity contribution < 1.29 is 19.0 Å². The van der Waals surface area contributed by atoms with Gasteiger partial charge in [-0.05, 0) is 23.8 Å². The SMILES string of the molecule is COc1cc(C(=O)Nc2ccnn2Cc2ccccc2Cl)cc(OC)c1OC. The number of nitrogens with one attached hydrogen (secondary N) is 1. The first kappa shape index (κ1) is 19.6. The molecule has 3 aromatic rings. The molecule has 0 atom stereocenters. The molecule has 7 nitrogen and oxygen atoms in total. The van der Waals surface area contributed by atoms with Crippen molar-refractivity contribution in [3.63, 3.8) is 0 Å². The topological polar surface area (TPSA) is 74.6 Å². The number of methoxy groups -OCH3 is 3. The lowest BCUT2D eigenvalue weighted by atomic mass is 10.1. The number of aromatic nitrogens is 2. The number of amides is 1. The van der Waals surface area contributed by atoms with Crippen molar-refractivity contribution in [2.75, 3.05) is 26.6 Å². The fourth-order valence-electron chi connectivity index (χ4n) is 2.75. The number of rotatable bonds is 7. The van der Waals surface area contributed by atoms with Gasteiger partial charge in [0.25, 0.3) is 5.91 Å². The Kier molecular flexibility index (Phi) is 6.06. The third kappa shape index (κ3) is 4.04. The van der Waals surface area contributed by atoms with Gasteiger partial charge in [0.05, 0.1) is 34.1 Å². The lowest BCUT2D eigenvalue weighted by molar-refractivity contribution is 0.102. The largest absolute Gasteiger partial charge is 0.493 e. The highest BCUT2D eigenvalue weighted by molar-refractivity contribution is 6.31. The average molecular weight is 402 g/mol. The summed E-state index contributed by atoms with van der Waals surface area (Å²) in [7, 11) is 4.50. The van der Waals surface area contributed by atoms with E-state index in [0.29, 0.717) is 40.2 Å². The molecule has 0 aliphatic carbocycles. The van der Waals surface area contributed by atoms with Crippen molar-refractivity contribution in [3.05, 3.63) is 64.8 Å². The number of benzene rings is 2. The molecule has 0 bridgehead atoms. The normalized spacial score (nSPS) is 10.4. The highest BCUT2D eigenvalue weighted by atomic mass is 35.5. The van der Waals surface area contributed by atoms with Crippen molar-refractivity contribution in [1.82, 2.24) is 9.78 Å². The first-order valence-corrected chi connectivity index (χ1v) is 8.81. The molecule has 0 saturated carbocycles. The number of anilines is 1. The van der Waals surface area contributed by atoms with Gasteiger partial charge in [-0.2, -0.15) is 5.10 Å². The molecule has 146 valence electrons. The highest BCUT2D eigenvalue weighted by Gasteiger charge is 2.18. The van der Waals surface area contributed by atoms with Crippen molar-refractivity contribution in [2.45, 2.75) is 6.54 Å². The van der Waals surface area contributed by atoms with Crippen molar-refractivity contribution in [3.8, 4) is 17.2 Å². The predicted molar refractivity (Wildman–Crippen MR) is 107 cm³/mol. The van der Waals surface area contributed by atoms with E-state index in [0.717, 1.165) is 5.56 Å². The monoisotopic (exact) mass is 401 g/mol. The van der Waals surface area contributed by atoms with Gasteiger partial charge < -0.3 is 19.5 Å². The van der Waals surface area contributed by atoms with Crippen LogP contribution < -0.4 is 19.5 Å². The molecule has 0 aliphatic heterocycles. The van der Waals surface area contributed by atoms with Crippen LogP contribution in [-0.2, 0) is 6.54 Å². The minimum atomic E-state index is -0.333. The van der Waals surface area contributed by atoms with Gasteiger partial charge in [0.1, 0.15) is 5.82 Å². The zero-order chi connectivity index (χ0) is 20.1. The molecule has 8 heteroatoms. The summed E-state index contributed by atoms with van der Waals surface area (Å²) in [5, 5.41) is 7.76. The molecule has 1 N–H and O–H groups in total. The molecule has 1 heterocycles. The summed E-state index contributed by atoms with van der Waals surface area (Å²) in [6, 6.07) is 12.4. The van der Waals surface area contributed by atoms with E-state index < -0.39 is 0 Å². The number of hydrogen-bond donors (Lipinski definition) is 1. The van der Waals surface area contributed by atoms with Crippen LogP contribution >= 0.6 is 11.6 Å². The molecule has 0 fully saturated rings. The smallest absolute Gasteiger partial charge is 0.257 e. The average Bonchev–Trinajstić information content (AvgIpc) is 3.14. The minimum absolute atomic E-state index is 0.333. The van der Waals surface area contributed by atoms with Gasteiger partial charge in [-0.15, -0.1) is 0 Å². The molecule has 1 amide bonds. The van der Waals surface area contributed by atoms with Crippen molar-refractivity contribution in [1.29, 1.82) is 0 Å². The van der Waals surface area contributed by atoms with Crippen LogP contribution in [0.25, 0.3) is 0 Å². The Balaban J connectivity index is 1.85. The molecule has 0 radical (unpaired) electrons. The third-order valence-corrected chi connectivity index (χ3v) is 4.53. The molecule has 1 aromatic heterocycles. The van der Waals surface area contributed by atoms with Gasteiger partial charge in [0.2, 0.25) is 5.75 Å². The zero-order valence-electron chi connectivity index (χ0n) is 15.7. The Bertz CT molecular complexity index is 962. The van der Waals surface area contributed by atoms with Gasteiger partial charge in [-0.25, -0.2) is 4.68 Å². The van der Waals surface area contributed by atoms with Gasteiger partial charge in [0.15, 0.2) is 11.5 Å². The summed E-state index contributed by atoms with van der Waals surface area (Å²) >= 11 is 6.22. The Morgan fingerprint density at radius 1 is 1.07 bits per heavy atom. The summed E-state index contributed by atoms with van der Waals surface area (Å²) < 4.78 is 17.6. The fraction of sp³-hybridized carbons (Fsp3) is 0.200. The lowest BCUT2D eigenvalue weighted by Gasteiger charge is -2.14. The molecule has 28 heavy (non-hydrogen) atoms. The zero-order valence-corrected chi connectivity index (χ0v) is 16.5. The molecular weight excluding hydrogens is 382 g/mol. The quantitative estimate of drug-likeness (QED) is 0.650. The summed E-state index contributed by atoms with van der Waals surface area (Å²) in [4.78, 5) is 12.8. The maximum atomic E-state index is 12.8. The number of halogens is 1. The van der Waals surface area contributed by atoms with Crippen LogP contribution in [0.2, 0.25) is 5.02 Å². The molecular formula is C20H20ClN3O4. The van der Waals surface area contributed by atoms with Crippen LogP contribution in [0.15, 0.2) is 48.7 Å². The van der Waals surface area contributed by atoms with Crippen LogP contribution in [0.4, 0.5) is 5.82 Å². The molecule has 0 aliphatic rings. The van der Waals surface area contributed by atoms with Gasteiger partial charge >= 0.3 is 0 Å². The van der Waals surface area contributed by atoms with E-state index in [-0.39, 0.29) is 5.91 Å². The minimum Gasteiger partial charge on any atom is -0.493 e. The first-order chi connectivity index (χ1) is 13.6. The summed E-state index contributed by atoms with van der Waals surface area (Å²) in [5.41, 5.74) is 1.26. The lowest BCUT2D eigenvalue weighted by Crippen LogP contribution is -2.16. The molecule has 0 unspecified atom stereocenters. The number of carbonyl (C=O) groups is 1. The number of carbonyl (C=O) groups excluding carboxylic acids is 1. The third-order valence-electron chi connectivity index (χ3n) is 4.16. The van der Waals surface area contributed by atoms with Gasteiger partial charge in [-0.1, -0.05) is 29.8 Å². The number of nitrogens with zero attached hydrogens (tertiary/aromatic N) is 2. The van der Waals surface area contributed by atoms with E-state index in [1.165, 1.54) is 21.3 Å². The van der Waals surface area contributed by atoms with Crippen LogP contribution in [0.1, 0.15) is 15.9 Å². The Morgan fingerprint density at radius 3 is 2.36 bits per heavy atom. The molecule has 3 rings (SSSR count). The van der Waals surface area contributed by atoms with E-state index in [1.54, 1.807) is 29.1 Å². The predicted octanol–water partition coefficient (Wildman–Crippen LogP) is 3.86. The first-order valence-electron chi connectivity index (χ1n) is 8.44. The molecule has 0 saturated heterocycles. The molecule has 2 aromatic carbocycles. The van der Waals surface area contributed by atoms with E-state index in [1.807, 2.05) is 24.3 Å². The van der Waals surface area contributed by atoms with E-state index in [4.69, 9.17) is 25.8 Å². The Hall–Kier alpha value is -3.19. The number of hydrogen-bond acceptors (Lipinski definition) is 5. The van der Waals surface area contributed by atoms with Crippen molar-refractivity contribution in [2.24, 2.45) is 0 Å². The second kappa shape index (κ2) is 8.67. The molecule has 0 spiro atoms. The summed E-state index contributed by atoms with van der Waals surface area (Å²) in [6.45, 7) is 0.428. The van der Waals surface area contributed by atoms with E-state index in [2.05, 4.69) is 10.4 Å². The Labute approximate surface area is 167 Å². The second-order valence-electron chi connectivity index (χ2n) is 5.83. The standard InChI is InChI=1S/C20H20ClN3O4/c1-26-16-10-14(11-17(27-2)19(16)28-3)20(25)23-18-8-9-22-24(18)12-13-6-4-5-7-15(13)21/h4-11H,12H2,1-3H3,(H,23,25). The summed E-state index contributed by atoms with van der Waals surface area (Å²) in [5.74, 6) is 1.43. The van der Waals surface area contributed by atoms with Crippen LogP contribution in [0.5, 0.6) is 17.2 Å². The maximum Gasteiger partial charge on any atom is 0.257 e. The fourth-order valence-corrected chi connectivity index (χ4v) is 2.95. The highest BCUT2D eigenvalue weighted by Crippen LogP contribution is 2.38. The van der Waals surface area contributed by atoms with Gasteiger partial charge in [-0.3, -0.25) is 4.79 Å². The van der Waals surface area contributed by atoms with Gasteiger partial charge in [0, 0.05) is 16.7 Å². The maximum absolute atomic E-state index is 12.8. The van der Waals surface area contributed by atoms with Crippen LogP contribution in [0, 0.1) is 0 Å². The van der Waals surface area contributed by atoms with Crippen LogP contribution in [-0.4, -0.2) is 37.0 Å². The summed E-state index contributed by atoms with van der Waals surface area (Å²) in [6.07, 6.45) is 1.61. The van der Waals surface area contributed by atoms with Crippen molar-refractivity contribution >= 4 is 23.3 Å². The second-order valence-corrected chi connectivity index (χ2v) is 6.24. The van der Waals surface area contributed by atoms with E-state index in [9.17, 15) is 4.79 Å². The number of ether oxygens (including phenoxy) is 3. The van der Waals surface area contributed by atoms with E-state index >= 15 is 0 Å². The van der Waals surface area contributed by atoms with Crippen LogP contribution in [0.3, 0.4) is 0 Å². The Morgan fingerprint density at radius 2 is 1.75 bits per heavy atom.